The van der Waals surface area contributed by atoms with Crippen LogP contribution >= 0.6 is 23.5 Å². The molecule has 3 atom stereocenters. The first-order valence-electron chi connectivity index (χ1n) is 9.71. The zero-order chi connectivity index (χ0) is 21.8. The third-order valence-electron chi connectivity index (χ3n) is 5.99. The second-order valence-electron chi connectivity index (χ2n) is 7.96. The molecular formula is C19H19N3O6S3. The molecule has 0 saturated carbocycles. The molecule has 2 bridgehead atoms. The molecule has 3 saturated heterocycles. The summed E-state index contributed by atoms with van der Waals surface area (Å²) in [6, 6.07) is 6.85. The van der Waals surface area contributed by atoms with E-state index in [-0.39, 0.29) is 5.92 Å². The molecule has 4 heterocycles. The number of carbonyl (C=O) groups is 2. The summed E-state index contributed by atoms with van der Waals surface area (Å²) in [6.45, 7) is 1.24. The first kappa shape index (κ1) is 20.9. The van der Waals surface area contributed by atoms with Gasteiger partial charge in [-0.3, -0.25) is 0 Å². The summed E-state index contributed by atoms with van der Waals surface area (Å²) in [4.78, 5) is 25.4. The number of benzene rings is 1. The Morgan fingerprint density at radius 1 is 1.16 bits per heavy atom. The zero-order valence-corrected chi connectivity index (χ0v) is 19.0. The molecule has 3 aliphatic rings. The molecule has 0 aliphatic carbocycles. The number of ether oxygens (including phenoxy) is 2. The lowest BCUT2D eigenvalue weighted by molar-refractivity contribution is -0.257. The second kappa shape index (κ2) is 7.54. The van der Waals surface area contributed by atoms with Gasteiger partial charge >= 0.3 is 17.8 Å². The molecule has 2 aromatic rings. The molecule has 3 fully saturated rings. The molecule has 0 amide bonds. The molecule has 9 nitrogen and oxygen atoms in total. The number of carbonyl (C=O) groups excluding carboxylic acids is 2. The van der Waals surface area contributed by atoms with Crippen LogP contribution in [0.5, 0.6) is 0 Å². The number of thioether (sulfide) groups is 1. The van der Waals surface area contributed by atoms with Gasteiger partial charge < -0.3 is 9.47 Å². The summed E-state index contributed by atoms with van der Waals surface area (Å²) < 4.78 is 42.9. The minimum absolute atomic E-state index is 0.117. The average molecular weight is 482 g/mol. The predicted octanol–water partition coefficient (Wildman–Crippen LogP) is 1.80. The van der Waals surface area contributed by atoms with Gasteiger partial charge in [0.25, 0.3) is 0 Å². The van der Waals surface area contributed by atoms with Crippen LogP contribution in [0.25, 0.3) is 0 Å². The van der Waals surface area contributed by atoms with Gasteiger partial charge in [0.05, 0.1) is 22.3 Å². The molecule has 0 N–H and O–H groups in total. The van der Waals surface area contributed by atoms with E-state index < -0.39 is 27.7 Å². The van der Waals surface area contributed by atoms with Crippen LogP contribution in [0.15, 0.2) is 34.2 Å². The summed E-state index contributed by atoms with van der Waals surface area (Å²) in [5.41, 5.74) is 1.91. The SMILES string of the molecule is CS(=O)(=O)c1ccc(CSc2nsnc2C2CN3CC2CCC32OC(=O)C(=O)O2)cc1. The van der Waals surface area contributed by atoms with Crippen LogP contribution in [0.3, 0.4) is 0 Å². The van der Waals surface area contributed by atoms with E-state index in [0.717, 1.165) is 34.4 Å². The molecule has 3 unspecified atom stereocenters. The van der Waals surface area contributed by atoms with Crippen molar-refractivity contribution in [2.75, 3.05) is 19.3 Å². The van der Waals surface area contributed by atoms with Crippen molar-refractivity contribution in [3.8, 4) is 0 Å². The van der Waals surface area contributed by atoms with Gasteiger partial charge in [-0.1, -0.05) is 23.9 Å². The van der Waals surface area contributed by atoms with E-state index in [1.807, 2.05) is 17.0 Å². The highest BCUT2D eigenvalue weighted by Gasteiger charge is 2.59. The van der Waals surface area contributed by atoms with E-state index in [1.54, 1.807) is 23.9 Å². The maximum Gasteiger partial charge on any atom is 0.421 e. The number of hydrogen-bond donors (Lipinski definition) is 0. The summed E-state index contributed by atoms with van der Waals surface area (Å²) in [5.74, 6) is -2.06. The number of rotatable bonds is 5. The molecule has 5 rings (SSSR count). The van der Waals surface area contributed by atoms with E-state index in [1.165, 1.54) is 6.26 Å². The van der Waals surface area contributed by atoms with Gasteiger partial charge in [-0.2, -0.15) is 8.75 Å². The van der Waals surface area contributed by atoms with Crippen LogP contribution in [0.4, 0.5) is 0 Å². The van der Waals surface area contributed by atoms with Gasteiger partial charge in [0.1, 0.15) is 5.03 Å². The molecule has 12 heteroatoms. The highest BCUT2D eigenvalue weighted by molar-refractivity contribution is 7.98. The normalized spacial score (nSPS) is 26.8. The Morgan fingerprint density at radius 2 is 1.87 bits per heavy atom. The number of nitrogens with zero attached hydrogens (tertiary/aromatic N) is 3. The highest BCUT2D eigenvalue weighted by atomic mass is 32.2. The van der Waals surface area contributed by atoms with Gasteiger partial charge in [0, 0.05) is 37.4 Å². The lowest BCUT2D eigenvalue weighted by Crippen LogP contribution is -2.51. The van der Waals surface area contributed by atoms with Gasteiger partial charge in [-0.15, -0.1) is 0 Å². The average Bonchev–Trinajstić information content (AvgIpc) is 3.40. The minimum atomic E-state index is -3.22. The first-order valence-corrected chi connectivity index (χ1v) is 13.3. The predicted molar refractivity (Wildman–Crippen MR) is 111 cm³/mol. The summed E-state index contributed by atoms with van der Waals surface area (Å²) >= 11 is 2.73. The fourth-order valence-corrected chi connectivity index (χ4v) is 6.76. The Labute approximate surface area is 187 Å². The molecule has 1 spiro atoms. The van der Waals surface area contributed by atoms with Crippen molar-refractivity contribution in [2.24, 2.45) is 5.92 Å². The highest BCUT2D eigenvalue weighted by Crippen LogP contribution is 2.48. The van der Waals surface area contributed by atoms with Gasteiger partial charge in [0.15, 0.2) is 9.84 Å². The summed E-state index contributed by atoms with van der Waals surface area (Å²) in [7, 11) is -3.22. The fraction of sp³-hybridized carbons (Fsp3) is 0.474. The molecule has 31 heavy (non-hydrogen) atoms. The lowest BCUT2D eigenvalue weighted by Gasteiger charge is -2.37. The molecule has 1 aromatic carbocycles. The van der Waals surface area contributed by atoms with Gasteiger partial charge in [-0.25, -0.2) is 22.9 Å². The monoisotopic (exact) mass is 481 g/mol. The van der Waals surface area contributed by atoms with Crippen LogP contribution in [-0.2, 0) is 34.7 Å². The number of aromatic nitrogens is 2. The summed E-state index contributed by atoms with van der Waals surface area (Å²) in [6.07, 6.45) is 2.41. The van der Waals surface area contributed by atoms with Crippen molar-refractivity contribution < 1.29 is 27.5 Å². The lowest BCUT2D eigenvalue weighted by atomic mass is 9.88. The van der Waals surface area contributed by atoms with E-state index in [2.05, 4.69) is 8.75 Å². The van der Waals surface area contributed by atoms with E-state index in [4.69, 9.17) is 9.47 Å². The summed E-state index contributed by atoms with van der Waals surface area (Å²) in [5, 5.41) is 0.852. The van der Waals surface area contributed by atoms with Gasteiger partial charge in [0.2, 0.25) is 0 Å². The Morgan fingerprint density at radius 3 is 2.55 bits per heavy atom. The number of hydrogen-bond acceptors (Lipinski definition) is 11. The Balaban J connectivity index is 1.29. The second-order valence-corrected chi connectivity index (χ2v) is 11.5. The fourth-order valence-electron chi connectivity index (χ4n) is 4.40. The molecular weight excluding hydrogens is 462 g/mol. The van der Waals surface area contributed by atoms with E-state index in [9.17, 15) is 18.0 Å². The maximum atomic E-state index is 11.6. The zero-order valence-electron chi connectivity index (χ0n) is 16.5. The van der Waals surface area contributed by atoms with Crippen LogP contribution in [0.2, 0.25) is 0 Å². The van der Waals surface area contributed by atoms with Crippen molar-refractivity contribution in [3.63, 3.8) is 0 Å². The number of esters is 2. The van der Waals surface area contributed by atoms with Crippen molar-refractivity contribution in [2.45, 2.75) is 40.3 Å². The minimum Gasteiger partial charge on any atom is -0.400 e. The molecule has 0 radical (unpaired) electrons. The van der Waals surface area contributed by atoms with Crippen LogP contribution in [0.1, 0.15) is 30.0 Å². The van der Waals surface area contributed by atoms with Crippen molar-refractivity contribution in [1.29, 1.82) is 0 Å². The van der Waals surface area contributed by atoms with Crippen LogP contribution in [-0.4, -0.2) is 59.3 Å². The van der Waals surface area contributed by atoms with Crippen molar-refractivity contribution in [3.05, 3.63) is 35.5 Å². The third kappa shape index (κ3) is 3.75. The van der Waals surface area contributed by atoms with Crippen molar-refractivity contribution >= 4 is 45.3 Å². The smallest absolute Gasteiger partial charge is 0.400 e. The Bertz CT molecular complexity index is 1130. The number of sulfone groups is 1. The van der Waals surface area contributed by atoms with Crippen LogP contribution < -0.4 is 0 Å². The van der Waals surface area contributed by atoms with Gasteiger partial charge in [-0.05, 0) is 30.0 Å². The van der Waals surface area contributed by atoms with Crippen LogP contribution in [0, 0.1) is 5.92 Å². The maximum absolute atomic E-state index is 11.6. The quantitative estimate of drug-likeness (QED) is 0.355. The van der Waals surface area contributed by atoms with E-state index in [0.29, 0.717) is 36.1 Å². The Hall–Kier alpha value is -2.02. The molecule has 3 aliphatic heterocycles. The van der Waals surface area contributed by atoms with E-state index >= 15 is 0 Å². The topological polar surface area (TPSA) is 116 Å². The largest absolute Gasteiger partial charge is 0.421 e. The van der Waals surface area contributed by atoms with Crippen molar-refractivity contribution in [1.82, 2.24) is 13.6 Å². The third-order valence-corrected chi connectivity index (χ3v) is 8.82. The number of fused-ring (bicyclic) bond motifs is 3. The Kier molecular flexibility index (Phi) is 5.07. The first-order chi connectivity index (χ1) is 14.7. The standard InChI is InChI=1S/C19H19N3O6S3/c1-31(25,26)13-4-2-11(3-5-13)10-29-16-15(20-30-21-16)14-9-22-8-12(14)6-7-19(22)27-17(23)18(24)28-19/h2-5,12,14H,6-10H2,1H3. The number of piperidine rings is 1. The molecule has 1 aromatic heterocycles. The molecule has 164 valence electrons.